The van der Waals surface area contributed by atoms with Crippen LogP contribution in [0.25, 0.3) is 5.69 Å². The third kappa shape index (κ3) is 4.20. The van der Waals surface area contributed by atoms with E-state index in [0.717, 1.165) is 11.3 Å². The Morgan fingerprint density at radius 1 is 1.13 bits per heavy atom. The number of nitrogens with zero attached hydrogens (tertiary/aromatic N) is 2. The maximum atomic E-state index is 13.3. The zero-order chi connectivity index (χ0) is 21.3. The Morgan fingerprint density at radius 2 is 1.83 bits per heavy atom. The summed E-state index contributed by atoms with van der Waals surface area (Å²) in [5.41, 5.74) is 2.18. The molecule has 1 aliphatic heterocycles. The molecule has 0 saturated carbocycles. The van der Waals surface area contributed by atoms with Gasteiger partial charge in [0.1, 0.15) is 17.4 Å². The van der Waals surface area contributed by atoms with E-state index in [1.54, 1.807) is 24.3 Å². The number of aromatic nitrogens is 2. The van der Waals surface area contributed by atoms with Crippen molar-refractivity contribution in [1.29, 1.82) is 0 Å². The van der Waals surface area contributed by atoms with Gasteiger partial charge in [-0.15, -0.1) is 0 Å². The van der Waals surface area contributed by atoms with E-state index in [2.05, 4.69) is 10.4 Å². The molecule has 0 radical (unpaired) electrons. The van der Waals surface area contributed by atoms with Crippen molar-refractivity contribution in [3.63, 3.8) is 0 Å². The summed E-state index contributed by atoms with van der Waals surface area (Å²) in [5, 5.41) is 7.16. The molecule has 0 saturated heterocycles. The Kier molecular flexibility index (Phi) is 5.29. The Balaban J connectivity index is 1.60. The summed E-state index contributed by atoms with van der Waals surface area (Å²) in [6, 6.07) is 12.8. The van der Waals surface area contributed by atoms with E-state index in [1.807, 2.05) is 6.92 Å². The lowest BCUT2D eigenvalue weighted by molar-refractivity contribution is -0.115. The van der Waals surface area contributed by atoms with Crippen molar-refractivity contribution in [3.05, 3.63) is 71.2 Å². The van der Waals surface area contributed by atoms with Crippen LogP contribution in [0.15, 0.2) is 48.5 Å². The fraction of sp³-hybridized carbons (Fsp3) is 0.238. The normalized spacial score (nSPS) is 14.3. The summed E-state index contributed by atoms with van der Waals surface area (Å²) in [5.74, 6) is -0.0650. The van der Waals surface area contributed by atoms with Gasteiger partial charge in [-0.2, -0.15) is 5.10 Å². The molecule has 0 spiro atoms. The highest BCUT2D eigenvalue weighted by atomic mass is 32.2. The van der Waals surface area contributed by atoms with Crippen LogP contribution in [0.4, 0.5) is 10.2 Å². The molecule has 156 valence electrons. The molecule has 0 aliphatic carbocycles. The zero-order valence-corrected chi connectivity index (χ0v) is 17.1. The van der Waals surface area contributed by atoms with Gasteiger partial charge in [-0.25, -0.2) is 17.5 Å². The summed E-state index contributed by atoms with van der Waals surface area (Å²) < 4.78 is 44.2. The lowest BCUT2D eigenvalue weighted by atomic mass is 10.1. The van der Waals surface area contributed by atoms with E-state index in [1.165, 1.54) is 28.9 Å². The molecule has 2 aromatic carbocycles. The molecule has 3 aromatic rings. The van der Waals surface area contributed by atoms with E-state index in [0.29, 0.717) is 29.4 Å². The van der Waals surface area contributed by atoms with Gasteiger partial charge in [0, 0.05) is 5.56 Å². The second-order valence-electron chi connectivity index (χ2n) is 7.00. The fourth-order valence-corrected chi connectivity index (χ4v) is 4.87. The number of amides is 1. The van der Waals surface area contributed by atoms with Gasteiger partial charge < -0.3 is 10.1 Å². The van der Waals surface area contributed by atoms with Gasteiger partial charge in [0.25, 0.3) is 0 Å². The molecular weight excluding hydrogens is 409 g/mol. The van der Waals surface area contributed by atoms with Crippen LogP contribution in [0.2, 0.25) is 0 Å². The SMILES string of the molecule is CCOc1ccc(CC(=O)Nc2c3c(nn2-c2ccc(F)cc2)CS(=O)(=O)C3)cc1. The van der Waals surface area contributed by atoms with Crippen LogP contribution >= 0.6 is 0 Å². The molecule has 0 atom stereocenters. The Bertz CT molecular complexity index is 1190. The van der Waals surface area contributed by atoms with Gasteiger partial charge in [0.15, 0.2) is 9.84 Å². The van der Waals surface area contributed by atoms with Crippen molar-refractivity contribution in [2.45, 2.75) is 24.9 Å². The van der Waals surface area contributed by atoms with Crippen LogP contribution in [0.3, 0.4) is 0 Å². The van der Waals surface area contributed by atoms with Crippen LogP contribution in [-0.2, 0) is 32.6 Å². The predicted octanol–water partition coefficient (Wildman–Crippen LogP) is 3.02. The molecule has 1 aromatic heterocycles. The smallest absolute Gasteiger partial charge is 0.229 e. The molecule has 30 heavy (non-hydrogen) atoms. The minimum atomic E-state index is -3.30. The maximum Gasteiger partial charge on any atom is 0.229 e. The van der Waals surface area contributed by atoms with Gasteiger partial charge in [-0.1, -0.05) is 12.1 Å². The second kappa shape index (κ2) is 7.91. The van der Waals surface area contributed by atoms with Crippen LogP contribution in [-0.4, -0.2) is 30.7 Å². The molecule has 1 N–H and O–H groups in total. The molecule has 0 fully saturated rings. The summed E-state index contributed by atoms with van der Waals surface area (Å²) in [4.78, 5) is 12.7. The van der Waals surface area contributed by atoms with Gasteiger partial charge >= 0.3 is 0 Å². The van der Waals surface area contributed by atoms with Crippen molar-refractivity contribution in [2.24, 2.45) is 0 Å². The molecule has 7 nitrogen and oxygen atoms in total. The van der Waals surface area contributed by atoms with E-state index in [-0.39, 0.29) is 23.8 Å². The average Bonchev–Trinajstić information content (AvgIpc) is 3.17. The number of nitrogens with one attached hydrogen (secondary N) is 1. The number of sulfone groups is 1. The molecule has 1 aliphatic rings. The first-order chi connectivity index (χ1) is 14.3. The van der Waals surface area contributed by atoms with E-state index >= 15 is 0 Å². The summed E-state index contributed by atoms with van der Waals surface area (Å²) in [6.07, 6.45) is 0.0997. The van der Waals surface area contributed by atoms with Crippen molar-refractivity contribution in [3.8, 4) is 11.4 Å². The first-order valence-corrected chi connectivity index (χ1v) is 11.3. The minimum absolute atomic E-state index is 0.0997. The van der Waals surface area contributed by atoms with E-state index in [4.69, 9.17) is 4.74 Å². The Labute approximate surface area is 173 Å². The fourth-order valence-electron chi connectivity index (χ4n) is 3.37. The minimum Gasteiger partial charge on any atom is -0.494 e. The lowest BCUT2D eigenvalue weighted by Crippen LogP contribution is -2.18. The first-order valence-electron chi connectivity index (χ1n) is 9.43. The summed E-state index contributed by atoms with van der Waals surface area (Å²) in [7, 11) is -3.30. The lowest BCUT2D eigenvalue weighted by Gasteiger charge is -2.11. The molecule has 0 bridgehead atoms. The third-order valence-corrected chi connectivity index (χ3v) is 6.16. The van der Waals surface area contributed by atoms with Crippen molar-refractivity contribution in [2.75, 3.05) is 11.9 Å². The average molecular weight is 429 g/mol. The molecule has 4 rings (SSSR count). The Morgan fingerprint density at radius 3 is 2.50 bits per heavy atom. The van der Waals surface area contributed by atoms with E-state index in [9.17, 15) is 17.6 Å². The van der Waals surface area contributed by atoms with Crippen LogP contribution < -0.4 is 10.1 Å². The number of ether oxygens (including phenoxy) is 1. The van der Waals surface area contributed by atoms with Crippen LogP contribution in [0, 0.1) is 5.82 Å². The molecule has 2 heterocycles. The van der Waals surface area contributed by atoms with Gasteiger partial charge in [0.2, 0.25) is 5.91 Å². The number of fused-ring (bicyclic) bond motifs is 1. The molecular formula is C21H20FN3O4S. The van der Waals surface area contributed by atoms with Crippen molar-refractivity contribution < 1.29 is 22.3 Å². The highest BCUT2D eigenvalue weighted by Crippen LogP contribution is 2.33. The third-order valence-electron chi connectivity index (χ3n) is 4.72. The number of anilines is 1. The molecule has 1 amide bonds. The van der Waals surface area contributed by atoms with Gasteiger partial charge in [-0.3, -0.25) is 4.79 Å². The van der Waals surface area contributed by atoms with Crippen LogP contribution in [0.1, 0.15) is 23.7 Å². The monoisotopic (exact) mass is 429 g/mol. The van der Waals surface area contributed by atoms with Gasteiger partial charge in [0.05, 0.1) is 35.9 Å². The van der Waals surface area contributed by atoms with Crippen molar-refractivity contribution >= 4 is 21.6 Å². The Hall–Kier alpha value is -3.20. The van der Waals surface area contributed by atoms with Crippen molar-refractivity contribution in [1.82, 2.24) is 9.78 Å². The second-order valence-corrected chi connectivity index (χ2v) is 9.06. The number of carbonyl (C=O) groups excluding carboxylic acids is 1. The molecule has 9 heteroatoms. The predicted molar refractivity (Wildman–Crippen MR) is 110 cm³/mol. The standard InChI is InChI=1S/C21H20FN3O4S/c1-2-29-17-9-3-14(4-10-17)11-20(26)23-21-18-12-30(27,28)13-19(18)24-25(21)16-7-5-15(22)6-8-16/h3-10H,2,11-13H2,1H3,(H,23,26). The quantitative estimate of drug-likeness (QED) is 0.651. The number of halogens is 1. The highest BCUT2D eigenvalue weighted by molar-refractivity contribution is 7.90. The number of hydrogen-bond donors (Lipinski definition) is 1. The van der Waals surface area contributed by atoms with Crippen LogP contribution in [0.5, 0.6) is 5.75 Å². The number of hydrogen-bond acceptors (Lipinski definition) is 5. The number of rotatable bonds is 6. The molecule has 0 unspecified atom stereocenters. The number of carbonyl (C=O) groups is 1. The summed E-state index contributed by atoms with van der Waals surface area (Å²) >= 11 is 0. The largest absolute Gasteiger partial charge is 0.494 e. The summed E-state index contributed by atoms with van der Waals surface area (Å²) in [6.45, 7) is 2.45. The van der Waals surface area contributed by atoms with Gasteiger partial charge in [-0.05, 0) is 48.9 Å². The topological polar surface area (TPSA) is 90.3 Å². The number of benzene rings is 2. The first kappa shape index (κ1) is 20.1. The highest BCUT2D eigenvalue weighted by Gasteiger charge is 2.33. The maximum absolute atomic E-state index is 13.3. The van der Waals surface area contributed by atoms with E-state index < -0.39 is 15.7 Å². The zero-order valence-electron chi connectivity index (χ0n) is 16.3.